The van der Waals surface area contributed by atoms with Gasteiger partial charge in [0.25, 0.3) is 0 Å². The zero-order valence-corrected chi connectivity index (χ0v) is 12.5. The van der Waals surface area contributed by atoms with Crippen molar-refractivity contribution in [1.29, 1.82) is 0 Å². The standard InChI is InChI=1S/C11H20N6O2S/c1-3-9-13-10(15-12)8-11(14-9)16-4-6-17(7-5-16)20(2,18)19/h8H,3-7,12H2,1-2H3,(H,13,14,15). The fraction of sp³-hybridized carbons (Fsp3) is 0.636. The molecule has 0 atom stereocenters. The highest BCUT2D eigenvalue weighted by atomic mass is 32.2. The van der Waals surface area contributed by atoms with E-state index in [1.807, 2.05) is 11.8 Å². The molecule has 0 aliphatic carbocycles. The highest BCUT2D eigenvalue weighted by molar-refractivity contribution is 7.88. The molecular weight excluding hydrogens is 280 g/mol. The van der Waals surface area contributed by atoms with Gasteiger partial charge >= 0.3 is 0 Å². The number of aromatic nitrogens is 2. The van der Waals surface area contributed by atoms with Gasteiger partial charge in [0.2, 0.25) is 10.0 Å². The van der Waals surface area contributed by atoms with Crippen molar-refractivity contribution in [2.24, 2.45) is 5.84 Å². The van der Waals surface area contributed by atoms with Crippen molar-refractivity contribution in [1.82, 2.24) is 14.3 Å². The average Bonchev–Trinajstić information content (AvgIpc) is 2.46. The maximum Gasteiger partial charge on any atom is 0.211 e. The minimum absolute atomic E-state index is 0.468. The van der Waals surface area contributed by atoms with Crippen molar-refractivity contribution in [2.45, 2.75) is 13.3 Å². The molecule has 0 aromatic carbocycles. The van der Waals surface area contributed by atoms with Gasteiger partial charge in [0.05, 0.1) is 6.26 Å². The topological polar surface area (TPSA) is 104 Å². The first-order valence-corrected chi connectivity index (χ1v) is 8.33. The second-order valence-electron chi connectivity index (χ2n) is 4.67. The Bertz CT molecular complexity index is 546. The van der Waals surface area contributed by atoms with E-state index in [2.05, 4.69) is 15.4 Å². The van der Waals surface area contributed by atoms with Crippen LogP contribution in [0.15, 0.2) is 6.07 Å². The smallest absolute Gasteiger partial charge is 0.211 e. The number of nitrogens with two attached hydrogens (primary N) is 1. The van der Waals surface area contributed by atoms with E-state index in [-0.39, 0.29) is 0 Å². The Morgan fingerprint density at radius 1 is 1.30 bits per heavy atom. The fourth-order valence-corrected chi connectivity index (χ4v) is 2.95. The zero-order chi connectivity index (χ0) is 14.8. The first-order chi connectivity index (χ1) is 9.44. The van der Waals surface area contributed by atoms with Gasteiger partial charge in [-0.1, -0.05) is 6.92 Å². The van der Waals surface area contributed by atoms with Gasteiger partial charge in [-0.2, -0.15) is 4.31 Å². The van der Waals surface area contributed by atoms with Gasteiger partial charge in [0.1, 0.15) is 17.5 Å². The van der Waals surface area contributed by atoms with Crippen LogP contribution < -0.4 is 16.2 Å². The van der Waals surface area contributed by atoms with Crippen molar-refractivity contribution < 1.29 is 8.42 Å². The van der Waals surface area contributed by atoms with Crippen LogP contribution in [0.5, 0.6) is 0 Å². The number of nitrogens with one attached hydrogen (secondary N) is 1. The molecule has 0 unspecified atom stereocenters. The molecule has 112 valence electrons. The maximum atomic E-state index is 11.5. The van der Waals surface area contributed by atoms with E-state index in [1.165, 1.54) is 10.6 Å². The quantitative estimate of drug-likeness (QED) is 0.565. The molecule has 9 heteroatoms. The number of piperazine rings is 1. The number of nitrogen functional groups attached to an aromatic ring is 1. The van der Waals surface area contributed by atoms with Crippen LogP contribution in [0.25, 0.3) is 0 Å². The second kappa shape index (κ2) is 5.90. The molecule has 2 heterocycles. The predicted octanol–water partition coefficient (Wildman–Crippen LogP) is -0.594. The predicted molar refractivity (Wildman–Crippen MR) is 77.8 cm³/mol. The third-order valence-corrected chi connectivity index (χ3v) is 4.56. The van der Waals surface area contributed by atoms with Crippen molar-refractivity contribution in [3.8, 4) is 0 Å². The van der Waals surface area contributed by atoms with Crippen LogP contribution in [0, 0.1) is 0 Å². The lowest BCUT2D eigenvalue weighted by molar-refractivity contribution is 0.387. The van der Waals surface area contributed by atoms with Gasteiger partial charge in [-0.25, -0.2) is 24.2 Å². The van der Waals surface area contributed by atoms with E-state index in [0.717, 1.165) is 5.82 Å². The van der Waals surface area contributed by atoms with Crippen LogP contribution in [0.2, 0.25) is 0 Å². The van der Waals surface area contributed by atoms with E-state index < -0.39 is 10.0 Å². The molecule has 20 heavy (non-hydrogen) atoms. The van der Waals surface area contributed by atoms with E-state index in [0.29, 0.717) is 44.2 Å². The Hall–Kier alpha value is -1.45. The molecule has 1 aromatic rings. The van der Waals surface area contributed by atoms with Crippen molar-refractivity contribution in [3.63, 3.8) is 0 Å². The Labute approximate surface area is 119 Å². The summed E-state index contributed by atoms with van der Waals surface area (Å²) in [4.78, 5) is 10.7. The molecule has 8 nitrogen and oxygen atoms in total. The summed E-state index contributed by atoms with van der Waals surface area (Å²) in [6.45, 7) is 4.13. The molecule has 0 spiro atoms. The Morgan fingerprint density at radius 2 is 1.95 bits per heavy atom. The second-order valence-corrected chi connectivity index (χ2v) is 6.66. The van der Waals surface area contributed by atoms with Crippen LogP contribution in [0.3, 0.4) is 0 Å². The number of hydrogen-bond acceptors (Lipinski definition) is 7. The number of hydrazine groups is 1. The van der Waals surface area contributed by atoms with E-state index in [9.17, 15) is 8.42 Å². The van der Waals surface area contributed by atoms with Crippen molar-refractivity contribution >= 4 is 21.7 Å². The third-order valence-electron chi connectivity index (χ3n) is 3.25. The highest BCUT2D eigenvalue weighted by Crippen LogP contribution is 2.18. The molecule has 1 aliphatic heterocycles. The molecule has 1 fully saturated rings. The molecule has 3 N–H and O–H groups in total. The van der Waals surface area contributed by atoms with Gasteiger partial charge < -0.3 is 10.3 Å². The summed E-state index contributed by atoms with van der Waals surface area (Å²) in [6, 6.07) is 1.77. The van der Waals surface area contributed by atoms with E-state index >= 15 is 0 Å². The summed E-state index contributed by atoms with van der Waals surface area (Å²) < 4.78 is 24.5. The maximum absolute atomic E-state index is 11.5. The monoisotopic (exact) mass is 300 g/mol. The van der Waals surface area contributed by atoms with Crippen LogP contribution in [-0.2, 0) is 16.4 Å². The first kappa shape index (κ1) is 14.9. The number of nitrogens with zero attached hydrogens (tertiary/aromatic N) is 4. The summed E-state index contributed by atoms with van der Waals surface area (Å²) in [5.74, 6) is 7.46. The number of hydrogen-bond donors (Lipinski definition) is 2. The normalized spacial score (nSPS) is 17.2. The minimum atomic E-state index is -3.12. The summed E-state index contributed by atoms with van der Waals surface area (Å²) in [6.07, 6.45) is 1.95. The Kier molecular flexibility index (Phi) is 4.41. The molecular formula is C11H20N6O2S. The van der Waals surface area contributed by atoms with Crippen molar-refractivity contribution in [3.05, 3.63) is 11.9 Å². The van der Waals surface area contributed by atoms with Crippen LogP contribution in [0.1, 0.15) is 12.7 Å². The highest BCUT2D eigenvalue weighted by Gasteiger charge is 2.24. The lowest BCUT2D eigenvalue weighted by atomic mass is 10.3. The molecule has 0 amide bonds. The van der Waals surface area contributed by atoms with Crippen LogP contribution in [-0.4, -0.2) is 55.1 Å². The number of rotatable bonds is 4. The fourth-order valence-electron chi connectivity index (χ4n) is 2.13. The van der Waals surface area contributed by atoms with Gasteiger partial charge in [-0.15, -0.1) is 0 Å². The number of sulfonamides is 1. The lowest BCUT2D eigenvalue weighted by Gasteiger charge is -2.34. The molecule has 0 saturated carbocycles. The molecule has 0 bridgehead atoms. The summed E-state index contributed by atoms with van der Waals surface area (Å²) >= 11 is 0. The van der Waals surface area contributed by atoms with Crippen LogP contribution in [0.4, 0.5) is 11.6 Å². The lowest BCUT2D eigenvalue weighted by Crippen LogP contribution is -2.48. The molecule has 1 aromatic heterocycles. The average molecular weight is 300 g/mol. The van der Waals surface area contributed by atoms with Gasteiger partial charge in [0, 0.05) is 38.7 Å². The SMILES string of the molecule is CCc1nc(NN)cc(N2CCN(S(C)(=O)=O)CC2)n1. The molecule has 0 radical (unpaired) electrons. The first-order valence-electron chi connectivity index (χ1n) is 6.48. The molecule has 2 rings (SSSR count). The van der Waals surface area contributed by atoms with Gasteiger partial charge in [0.15, 0.2) is 0 Å². The van der Waals surface area contributed by atoms with Crippen molar-refractivity contribution in [2.75, 3.05) is 42.8 Å². The Balaban J connectivity index is 2.14. The molecule has 1 saturated heterocycles. The van der Waals surface area contributed by atoms with Crippen LogP contribution >= 0.6 is 0 Å². The summed E-state index contributed by atoms with van der Waals surface area (Å²) in [5, 5.41) is 0. The zero-order valence-electron chi connectivity index (χ0n) is 11.7. The number of anilines is 2. The summed E-state index contributed by atoms with van der Waals surface area (Å²) in [5.41, 5.74) is 2.53. The molecule has 1 aliphatic rings. The van der Waals surface area contributed by atoms with E-state index in [4.69, 9.17) is 5.84 Å². The third kappa shape index (κ3) is 3.35. The minimum Gasteiger partial charge on any atom is -0.354 e. The largest absolute Gasteiger partial charge is 0.354 e. The number of aryl methyl sites for hydroxylation is 1. The van der Waals surface area contributed by atoms with E-state index in [1.54, 1.807) is 6.07 Å². The Morgan fingerprint density at radius 3 is 2.45 bits per heavy atom. The van der Waals surface area contributed by atoms with Gasteiger partial charge in [-0.3, -0.25) is 0 Å². The summed E-state index contributed by atoms with van der Waals surface area (Å²) in [7, 11) is -3.12. The van der Waals surface area contributed by atoms with Gasteiger partial charge in [-0.05, 0) is 0 Å².